The molecule has 1 aliphatic heterocycles. The molecule has 1 N–H and O–H groups in total. The Hall–Kier alpha value is -2.15. The van der Waals surface area contributed by atoms with Crippen LogP contribution in [-0.2, 0) is 16.1 Å². The maximum atomic E-state index is 12.0. The molecule has 3 rings (SSSR count). The molecule has 2 aromatic heterocycles. The molecular weight excluding hydrogens is 260 g/mol. The summed E-state index contributed by atoms with van der Waals surface area (Å²) in [5, 5.41) is 6.93. The molecule has 0 aliphatic carbocycles. The van der Waals surface area contributed by atoms with Crippen LogP contribution in [0.1, 0.15) is 6.42 Å². The highest BCUT2D eigenvalue weighted by Gasteiger charge is 2.17. The smallest absolute Gasteiger partial charge is 0.350 e. The van der Waals surface area contributed by atoms with Crippen LogP contribution in [0.2, 0.25) is 0 Å². The van der Waals surface area contributed by atoms with E-state index in [0.29, 0.717) is 24.7 Å². The monoisotopic (exact) mass is 276 g/mol. The molecule has 0 radical (unpaired) electrons. The van der Waals surface area contributed by atoms with Crippen molar-refractivity contribution in [2.45, 2.75) is 13.0 Å². The highest BCUT2D eigenvalue weighted by Crippen LogP contribution is 2.10. The van der Waals surface area contributed by atoms with E-state index in [9.17, 15) is 9.59 Å². The molecule has 1 fully saturated rings. The Morgan fingerprint density at radius 2 is 2.40 bits per heavy atom. The number of hydrogen-bond acceptors (Lipinski definition) is 4. The Bertz CT molecular complexity index is 670. The van der Waals surface area contributed by atoms with E-state index in [2.05, 4.69) is 10.4 Å². The summed E-state index contributed by atoms with van der Waals surface area (Å²) < 4.78 is 7.84. The SMILES string of the molecule is O=C(Cn1nc2ccccn2c1=O)NC[C@@H]1CCOC1. The minimum Gasteiger partial charge on any atom is -0.381 e. The van der Waals surface area contributed by atoms with Gasteiger partial charge in [-0.3, -0.25) is 9.20 Å². The van der Waals surface area contributed by atoms with Crippen LogP contribution in [0.3, 0.4) is 0 Å². The van der Waals surface area contributed by atoms with Crippen LogP contribution in [0.5, 0.6) is 0 Å². The molecule has 2 aromatic rings. The molecule has 1 aliphatic rings. The molecule has 1 atom stereocenters. The predicted octanol–water partition coefficient (Wildman–Crippen LogP) is -0.351. The number of nitrogens with one attached hydrogen (secondary N) is 1. The van der Waals surface area contributed by atoms with Gasteiger partial charge in [0.2, 0.25) is 5.91 Å². The lowest BCUT2D eigenvalue weighted by Gasteiger charge is -2.08. The lowest BCUT2D eigenvalue weighted by atomic mass is 10.1. The number of carbonyl (C=O) groups excluding carboxylic acids is 1. The third-order valence-corrected chi connectivity index (χ3v) is 3.39. The number of aromatic nitrogens is 3. The molecule has 7 heteroatoms. The van der Waals surface area contributed by atoms with Gasteiger partial charge in [-0.15, -0.1) is 5.10 Å². The van der Waals surface area contributed by atoms with Gasteiger partial charge in [-0.2, -0.15) is 0 Å². The zero-order valence-corrected chi connectivity index (χ0v) is 11.0. The third-order valence-electron chi connectivity index (χ3n) is 3.39. The van der Waals surface area contributed by atoms with Crippen LogP contribution >= 0.6 is 0 Å². The van der Waals surface area contributed by atoms with Gasteiger partial charge in [0.25, 0.3) is 0 Å². The van der Waals surface area contributed by atoms with Crippen LogP contribution in [0.4, 0.5) is 0 Å². The first kappa shape index (κ1) is 12.9. The maximum Gasteiger partial charge on any atom is 0.350 e. The van der Waals surface area contributed by atoms with Crippen molar-refractivity contribution in [1.82, 2.24) is 19.5 Å². The summed E-state index contributed by atoms with van der Waals surface area (Å²) in [6, 6.07) is 5.28. The van der Waals surface area contributed by atoms with Crippen molar-refractivity contribution in [1.29, 1.82) is 0 Å². The molecule has 106 valence electrons. The molecule has 1 amide bonds. The normalized spacial score (nSPS) is 18.5. The van der Waals surface area contributed by atoms with Gasteiger partial charge in [-0.25, -0.2) is 9.48 Å². The first-order valence-electron chi connectivity index (χ1n) is 6.62. The van der Waals surface area contributed by atoms with E-state index in [1.807, 2.05) is 0 Å². The Kier molecular flexibility index (Phi) is 3.51. The number of rotatable bonds is 4. The van der Waals surface area contributed by atoms with Crippen LogP contribution in [0, 0.1) is 5.92 Å². The number of pyridine rings is 1. The second-order valence-corrected chi connectivity index (χ2v) is 4.90. The second-order valence-electron chi connectivity index (χ2n) is 4.90. The standard InChI is InChI=1S/C13H16N4O3/c18-12(14-7-10-4-6-20-9-10)8-17-13(19)16-5-2-1-3-11(16)15-17/h1-3,5,10H,4,6-9H2,(H,14,18)/t10-/m0/s1. The van der Waals surface area contributed by atoms with Crippen LogP contribution in [0.15, 0.2) is 29.2 Å². The predicted molar refractivity (Wildman–Crippen MR) is 71.4 cm³/mol. The Morgan fingerprint density at radius 3 is 3.15 bits per heavy atom. The van der Waals surface area contributed by atoms with Gasteiger partial charge in [0.05, 0.1) is 6.61 Å². The van der Waals surface area contributed by atoms with Gasteiger partial charge in [0.1, 0.15) is 6.54 Å². The van der Waals surface area contributed by atoms with E-state index in [1.165, 1.54) is 9.08 Å². The molecule has 7 nitrogen and oxygen atoms in total. The van der Waals surface area contributed by atoms with E-state index in [0.717, 1.165) is 13.0 Å². The largest absolute Gasteiger partial charge is 0.381 e. The zero-order valence-electron chi connectivity index (χ0n) is 11.0. The van der Waals surface area contributed by atoms with Crippen molar-refractivity contribution in [3.05, 3.63) is 34.9 Å². The van der Waals surface area contributed by atoms with E-state index < -0.39 is 0 Å². The van der Waals surface area contributed by atoms with Gasteiger partial charge in [-0.1, -0.05) is 6.07 Å². The number of nitrogens with zero attached hydrogens (tertiary/aromatic N) is 3. The highest BCUT2D eigenvalue weighted by atomic mass is 16.5. The summed E-state index contributed by atoms with van der Waals surface area (Å²) in [5.74, 6) is 0.166. The first-order valence-corrected chi connectivity index (χ1v) is 6.62. The molecule has 3 heterocycles. The average molecular weight is 276 g/mol. The molecular formula is C13H16N4O3. The van der Waals surface area contributed by atoms with Crippen molar-refractivity contribution >= 4 is 11.6 Å². The fourth-order valence-electron chi connectivity index (χ4n) is 2.27. The minimum atomic E-state index is -0.306. The van der Waals surface area contributed by atoms with Gasteiger partial charge in [0, 0.05) is 25.3 Å². The highest BCUT2D eigenvalue weighted by molar-refractivity contribution is 5.75. The van der Waals surface area contributed by atoms with Crippen LogP contribution < -0.4 is 11.0 Å². The molecule has 0 spiro atoms. The van der Waals surface area contributed by atoms with Crippen molar-refractivity contribution in [2.24, 2.45) is 5.92 Å². The lowest BCUT2D eigenvalue weighted by Crippen LogP contribution is -2.35. The number of carbonyl (C=O) groups is 1. The fourth-order valence-corrected chi connectivity index (χ4v) is 2.27. The zero-order chi connectivity index (χ0) is 13.9. The molecule has 0 aromatic carbocycles. The van der Waals surface area contributed by atoms with E-state index in [4.69, 9.17) is 4.74 Å². The van der Waals surface area contributed by atoms with E-state index in [-0.39, 0.29) is 18.1 Å². The maximum absolute atomic E-state index is 12.0. The summed E-state index contributed by atoms with van der Waals surface area (Å²) >= 11 is 0. The Labute approximate surface area is 115 Å². The number of ether oxygens (including phenoxy) is 1. The number of amides is 1. The first-order chi connectivity index (χ1) is 9.74. The van der Waals surface area contributed by atoms with E-state index in [1.54, 1.807) is 24.4 Å². The molecule has 1 saturated heterocycles. The van der Waals surface area contributed by atoms with Gasteiger partial charge in [0.15, 0.2) is 5.65 Å². The average Bonchev–Trinajstić information content (AvgIpc) is 3.07. The Morgan fingerprint density at radius 1 is 1.50 bits per heavy atom. The van der Waals surface area contributed by atoms with Crippen molar-refractivity contribution in [3.63, 3.8) is 0 Å². The molecule has 0 unspecified atom stereocenters. The Balaban J connectivity index is 1.65. The summed E-state index contributed by atoms with van der Waals surface area (Å²) in [5.41, 5.74) is 0.231. The van der Waals surface area contributed by atoms with Gasteiger partial charge < -0.3 is 10.1 Å². The third kappa shape index (κ3) is 2.57. The van der Waals surface area contributed by atoms with E-state index >= 15 is 0 Å². The number of hydrogen-bond donors (Lipinski definition) is 1. The summed E-state index contributed by atoms with van der Waals surface area (Å²) in [7, 11) is 0. The lowest BCUT2D eigenvalue weighted by molar-refractivity contribution is -0.122. The molecule has 20 heavy (non-hydrogen) atoms. The fraction of sp³-hybridized carbons (Fsp3) is 0.462. The minimum absolute atomic E-state index is 0.0614. The van der Waals surface area contributed by atoms with Crippen molar-refractivity contribution in [2.75, 3.05) is 19.8 Å². The molecule has 0 saturated carbocycles. The number of fused-ring (bicyclic) bond motifs is 1. The summed E-state index contributed by atoms with van der Waals surface area (Å²) in [6.07, 6.45) is 2.60. The van der Waals surface area contributed by atoms with Gasteiger partial charge in [-0.05, 0) is 18.6 Å². The quantitative estimate of drug-likeness (QED) is 0.828. The topological polar surface area (TPSA) is 77.6 Å². The summed E-state index contributed by atoms with van der Waals surface area (Å²) in [6.45, 7) is 1.97. The van der Waals surface area contributed by atoms with Crippen molar-refractivity contribution < 1.29 is 9.53 Å². The van der Waals surface area contributed by atoms with Gasteiger partial charge >= 0.3 is 5.69 Å². The molecule has 0 bridgehead atoms. The summed E-state index contributed by atoms with van der Waals surface area (Å²) in [4.78, 5) is 23.8. The van der Waals surface area contributed by atoms with Crippen molar-refractivity contribution in [3.8, 4) is 0 Å². The van der Waals surface area contributed by atoms with Crippen LogP contribution in [0.25, 0.3) is 5.65 Å². The second kappa shape index (κ2) is 5.46. The van der Waals surface area contributed by atoms with Crippen LogP contribution in [-0.4, -0.2) is 39.8 Å².